The smallest absolute Gasteiger partial charge is 0.269 e. The summed E-state index contributed by atoms with van der Waals surface area (Å²) in [5.41, 5.74) is 1.41. The Bertz CT molecular complexity index is 404. The van der Waals surface area contributed by atoms with Gasteiger partial charge in [0, 0.05) is 25.0 Å². The van der Waals surface area contributed by atoms with Gasteiger partial charge in [0.15, 0.2) is 0 Å². The number of carbonyl (C=O) groups is 1. The van der Waals surface area contributed by atoms with Gasteiger partial charge in [0.2, 0.25) is 0 Å². The van der Waals surface area contributed by atoms with Gasteiger partial charge in [-0.05, 0) is 30.4 Å². The predicted octanol–water partition coefficient (Wildman–Crippen LogP) is 2.93. The summed E-state index contributed by atoms with van der Waals surface area (Å²) in [5, 5.41) is 6.19. The van der Waals surface area contributed by atoms with Crippen LogP contribution < -0.4 is 10.6 Å². The molecule has 4 heteroatoms. The van der Waals surface area contributed by atoms with Crippen LogP contribution in [0.25, 0.3) is 0 Å². The lowest BCUT2D eigenvalue weighted by Gasteiger charge is -2.16. The van der Waals surface area contributed by atoms with E-state index in [9.17, 15) is 4.79 Å². The number of hydrogen-bond acceptors (Lipinski definition) is 3. The van der Waals surface area contributed by atoms with Crippen LogP contribution in [0.1, 0.15) is 44.6 Å². The molecular weight excluding hydrogens is 238 g/mol. The zero-order chi connectivity index (χ0) is 14.3. The van der Waals surface area contributed by atoms with E-state index in [4.69, 9.17) is 0 Å². The number of anilines is 1. The lowest BCUT2D eigenvalue weighted by atomic mass is 9.98. The number of hydrogen-bond donors (Lipinski definition) is 2. The number of amides is 1. The summed E-state index contributed by atoms with van der Waals surface area (Å²) in [6, 6.07) is 3.67. The maximum absolute atomic E-state index is 12.0. The Labute approximate surface area is 116 Å². The Morgan fingerprint density at radius 2 is 2.11 bits per heavy atom. The molecule has 1 atom stereocenters. The summed E-state index contributed by atoms with van der Waals surface area (Å²) in [7, 11) is 0. The summed E-state index contributed by atoms with van der Waals surface area (Å²) in [5.74, 6) is 0.920. The average Bonchev–Trinajstić information content (AvgIpc) is 2.42. The molecule has 106 valence electrons. The third kappa shape index (κ3) is 5.28. The van der Waals surface area contributed by atoms with Gasteiger partial charge in [0.25, 0.3) is 5.91 Å². The molecule has 0 saturated carbocycles. The molecule has 1 aromatic rings. The van der Waals surface area contributed by atoms with Crippen molar-refractivity contribution in [2.24, 2.45) is 11.8 Å². The Hall–Kier alpha value is -1.58. The number of nitrogens with one attached hydrogen (secondary N) is 2. The third-order valence-electron chi connectivity index (χ3n) is 3.29. The van der Waals surface area contributed by atoms with Crippen molar-refractivity contribution < 1.29 is 4.79 Å². The first-order valence-electron chi connectivity index (χ1n) is 7.02. The van der Waals surface area contributed by atoms with Crippen LogP contribution in [0.2, 0.25) is 0 Å². The van der Waals surface area contributed by atoms with Gasteiger partial charge in [-0.1, -0.05) is 27.7 Å². The first kappa shape index (κ1) is 15.5. The zero-order valence-corrected chi connectivity index (χ0v) is 12.4. The Balaban J connectivity index is 2.56. The fourth-order valence-electron chi connectivity index (χ4n) is 1.51. The van der Waals surface area contributed by atoms with Crippen molar-refractivity contribution in [1.82, 2.24) is 10.3 Å². The normalized spacial score (nSPS) is 12.3. The van der Waals surface area contributed by atoms with Crippen molar-refractivity contribution in [3.05, 3.63) is 24.0 Å². The van der Waals surface area contributed by atoms with Crippen molar-refractivity contribution in [3.63, 3.8) is 0 Å². The molecule has 0 radical (unpaired) electrons. The van der Waals surface area contributed by atoms with Crippen LogP contribution in [0.3, 0.4) is 0 Å². The molecule has 0 aliphatic heterocycles. The number of rotatable bonds is 7. The predicted molar refractivity (Wildman–Crippen MR) is 79.4 cm³/mol. The topological polar surface area (TPSA) is 54.0 Å². The molecule has 1 aromatic heterocycles. The van der Waals surface area contributed by atoms with E-state index in [1.807, 2.05) is 6.07 Å². The second-order valence-electron chi connectivity index (χ2n) is 5.29. The van der Waals surface area contributed by atoms with Crippen LogP contribution in [0, 0.1) is 11.8 Å². The first-order chi connectivity index (χ1) is 9.04. The third-order valence-corrected chi connectivity index (χ3v) is 3.29. The van der Waals surface area contributed by atoms with E-state index in [1.54, 1.807) is 12.3 Å². The van der Waals surface area contributed by atoms with E-state index in [1.165, 1.54) is 0 Å². The van der Waals surface area contributed by atoms with Gasteiger partial charge >= 0.3 is 0 Å². The minimum Gasteiger partial charge on any atom is -0.385 e. The van der Waals surface area contributed by atoms with Crippen molar-refractivity contribution in [2.45, 2.75) is 34.1 Å². The molecule has 0 saturated heterocycles. The molecule has 0 bridgehead atoms. The average molecular weight is 263 g/mol. The Morgan fingerprint density at radius 3 is 2.74 bits per heavy atom. The molecule has 1 amide bonds. The van der Waals surface area contributed by atoms with E-state index in [0.717, 1.165) is 18.7 Å². The lowest BCUT2D eigenvalue weighted by molar-refractivity contribution is 0.0940. The van der Waals surface area contributed by atoms with Gasteiger partial charge in [-0.3, -0.25) is 9.78 Å². The minimum atomic E-state index is -0.104. The van der Waals surface area contributed by atoms with Gasteiger partial charge < -0.3 is 10.6 Å². The SMILES string of the molecule is CCCNc1ccnc(C(=O)NCC(C)C(C)C)c1. The molecule has 4 nitrogen and oxygen atoms in total. The van der Waals surface area contributed by atoms with Gasteiger partial charge in [-0.2, -0.15) is 0 Å². The van der Waals surface area contributed by atoms with E-state index in [-0.39, 0.29) is 5.91 Å². The Morgan fingerprint density at radius 1 is 1.37 bits per heavy atom. The monoisotopic (exact) mass is 263 g/mol. The van der Waals surface area contributed by atoms with Crippen LogP contribution in [0.15, 0.2) is 18.3 Å². The van der Waals surface area contributed by atoms with Crippen molar-refractivity contribution in [2.75, 3.05) is 18.4 Å². The number of nitrogens with zero attached hydrogens (tertiary/aromatic N) is 1. The highest BCUT2D eigenvalue weighted by Gasteiger charge is 2.11. The highest BCUT2D eigenvalue weighted by atomic mass is 16.1. The van der Waals surface area contributed by atoms with Crippen molar-refractivity contribution in [1.29, 1.82) is 0 Å². The summed E-state index contributed by atoms with van der Waals surface area (Å²) in [4.78, 5) is 16.1. The van der Waals surface area contributed by atoms with Gasteiger partial charge in [0.05, 0.1) is 0 Å². The van der Waals surface area contributed by atoms with E-state index in [2.05, 4.69) is 43.3 Å². The fraction of sp³-hybridized carbons (Fsp3) is 0.600. The van der Waals surface area contributed by atoms with Crippen LogP contribution in [0.4, 0.5) is 5.69 Å². The van der Waals surface area contributed by atoms with Gasteiger partial charge in [-0.15, -0.1) is 0 Å². The van der Waals surface area contributed by atoms with Crippen LogP contribution in [-0.4, -0.2) is 24.0 Å². The summed E-state index contributed by atoms with van der Waals surface area (Å²) >= 11 is 0. The highest BCUT2D eigenvalue weighted by molar-refractivity contribution is 5.93. The van der Waals surface area contributed by atoms with E-state index >= 15 is 0 Å². The number of aromatic nitrogens is 1. The maximum Gasteiger partial charge on any atom is 0.269 e. The lowest BCUT2D eigenvalue weighted by Crippen LogP contribution is -2.30. The molecule has 0 aliphatic rings. The minimum absolute atomic E-state index is 0.104. The van der Waals surface area contributed by atoms with E-state index < -0.39 is 0 Å². The molecule has 1 rings (SSSR count). The number of carbonyl (C=O) groups excluding carboxylic acids is 1. The molecule has 0 aromatic carbocycles. The van der Waals surface area contributed by atoms with Crippen molar-refractivity contribution >= 4 is 11.6 Å². The quantitative estimate of drug-likeness (QED) is 0.795. The number of pyridine rings is 1. The van der Waals surface area contributed by atoms with Gasteiger partial charge in [0.1, 0.15) is 5.69 Å². The van der Waals surface area contributed by atoms with Crippen LogP contribution in [-0.2, 0) is 0 Å². The van der Waals surface area contributed by atoms with Gasteiger partial charge in [-0.25, -0.2) is 0 Å². The highest BCUT2D eigenvalue weighted by Crippen LogP contribution is 2.10. The molecule has 0 fully saturated rings. The van der Waals surface area contributed by atoms with E-state index in [0.29, 0.717) is 24.1 Å². The molecule has 19 heavy (non-hydrogen) atoms. The molecular formula is C15H25N3O. The molecule has 2 N–H and O–H groups in total. The maximum atomic E-state index is 12.0. The Kier molecular flexibility index (Phi) is 6.33. The zero-order valence-electron chi connectivity index (χ0n) is 12.4. The second-order valence-corrected chi connectivity index (χ2v) is 5.29. The van der Waals surface area contributed by atoms with Crippen molar-refractivity contribution in [3.8, 4) is 0 Å². The standard InChI is InChI=1S/C15H25N3O/c1-5-7-16-13-6-8-17-14(9-13)15(19)18-10-12(4)11(2)3/h6,8-9,11-12H,5,7,10H2,1-4H3,(H,16,17)(H,18,19). The van der Waals surface area contributed by atoms with Crippen LogP contribution in [0.5, 0.6) is 0 Å². The van der Waals surface area contributed by atoms with Crippen LogP contribution >= 0.6 is 0 Å². The summed E-state index contributed by atoms with van der Waals surface area (Å²) in [6.45, 7) is 10.1. The summed E-state index contributed by atoms with van der Waals surface area (Å²) in [6.07, 6.45) is 2.72. The molecule has 1 unspecified atom stereocenters. The fourth-order valence-corrected chi connectivity index (χ4v) is 1.51. The first-order valence-corrected chi connectivity index (χ1v) is 7.02. The molecule has 0 spiro atoms. The molecule has 0 aliphatic carbocycles. The summed E-state index contributed by atoms with van der Waals surface area (Å²) < 4.78 is 0. The molecule has 1 heterocycles. The second kappa shape index (κ2) is 7.77. The largest absolute Gasteiger partial charge is 0.385 e.